The van der Waals surface area contributed by atoms with Crippen molar-refractivity contribution in [3.05, 3.63) is 58.4 Å². The summed E-state index contributed by atoms with van der Waals surface area (Å²) in [6, 6.07) is 10.9. The molecule has 4 heteroatoms. The van der Waals surface area contributed by atoms with Gasteiger partial charge < -0.3 is 10.1 Å². The Hall–Kier alpha value is -1.58. The third-order valence-electron chi connectivity index (χ3n) is 3.57. The molecular weight excluding hydrogens is 289 g/mol. The van der Waals surface area contributed by atoms with E-state index < -0.39 is 0 Å². The van der Waals surface area contributed by atoms with Crippen LogP contribution in [0.25, 0.3) is 0 Å². The van der Waals surface area contributed by atoms with Gasteiger partial charge in [0.1, 0.15) is 5.75 Å². The van der Waals surface area contributed by atoms with Gasteiger partial charge in [-0.1, -0.05) is 29.8 Å². The zero-order valence-corrected chi connectivity index (χ0v) is 12.6. The molecule has 1 N–H and O–H groups in total. The number of hydrogen-bond acceptors (Lipinski definition) is 2. The van der Waals surface area contributed by atoms with Crippen molar-refractivity contribution in [3.8, 4) is 11.5 Å². The van der Waals surface area contributed by atoms with Crippen molar-refractivity contribution in [3.63, 3.8) is 0 Å². The zero-order valence-electron chi connectivity index (χ0n) is 11.8. The molecule has 0 spiro atoms. The number of nitrogens with one attached hydrogen (secondary N) is 1. The average molecular weight is 306 g/mol. The summed E-state index contributed by atoms with van der Waals surface area (Å²) in [5.41, 5.74) is 1.74. The fourth-order valence-electron chi connectivity index (χ4n) is 2.14. The predicted octanol–water partition coefficient (Wildman–Crippen LogP) is 4.83. The van der Waals surface area contributed by atoms with Crippen LogP contribution in [0, 0.1) is 12.7 Å². The first kappa shape index (κ1) is 14.4. The molecule has 110 valence electrons. The van der Waals surface area contributed by atoms with Gasteiger partial charge in [0.05, 0.1) is 0 Å². The lowest BCUT2D eigenvalue weighted by molar-refractivity contribution is 0.431. The van der Waals surface area contributed by atoms with Gasteiger partial charge in [0.15, 0.2) is 11.6 Å². The van der Waals surface area contributed by atoms with Gasteiger partial charge in [0.2, 0.25) is 0 Å². The number of hydrogen-bond donors (Lipinski definition) is 1. The van der Waals surface area contributed by atoms with E-state index in [0.717, 1.165) is 11.1 Å². The highest BCUT2D eigenvalue weighted by atomic mass is 35.5. The van der Waals surface area contributed by atoms with Crippen molar-refractivity contribution in [2.24, 2.45) is 0 Å². The highest BCUT2D eigenvalue weighted by molar-refractivity contribution is 6.30. The quantitative estimate of drug-likeness (QED) is 0.854. The lowest BCUT2D eigenvalue weighted by Gasteiger charge is -2.14. The summed E-state index contributed by atoms with van der Waals surface area (Å²) in [5, 5.41) is 3.95. The third-order valence-corrected chi connectivity index (χ3v) is 3.80. The van der Waals surface area contributed by atoms with Gasteiger partial charge in [-0.3, -0.25) is 0 Å². The van der Waals surface area contributed by atoms with Crippen LogP contribution in [-0.2, 0) is 6.54 Å². The van der Waals surface area contributed by atoms with Gasteiger partial charge >= 0.3 is 0 Å². The van der Waals surface area contributed by atoms with E-state index in [2.05, 4.69) is 5.32 Å². The van der Waals surface area contributed by atoms with Gasteiger partial charge in [-0.2, -0.15) is 0 Å². The van der Waals surface area contributed by atoms with E-state index in [1.165, 1.54) is 18.9 Å². The lowest BCUT2D eigenvalue weighted by Crippen LogP contribution is -2.16. The van der Waals surface area contributed by atoms with Crippen molar-refractivity contribution in [1.29, 1.82) is 0 Å². The first-order valence-electron chi connectivity index (χ1n) is 7.08. The van der Waals surface area contributed by atoms with Crippen LogP contribution < -0.4 is 10.1 Å². The third kappa shape index (κ3) is 3.55. The van der Waals surface area contributed by atoms with E-state index >= 15 is 0 Å². The Bertz CT molecular complexity index is 655. The molecule has 2 nitrogen and oxygen atoms in total. The van der Waals surface area contributed by atoms with E-state index in [0.29, 0.717) is 23.4 Å². The van der Waals surface area contributed by atoms with Crippen LogP contribution in [0.15, 0.2) is 36.4 Å². The number of halogens is 2. The molecule has 0 aromatic heterocycles. The second kappa shape index (κ2) is 6.04. The largest absolute Gasteiger partial charge is 0.454 e. The smallest absolute Gasteiger partial charge is 0.167 e. The maximum atomic E-state index is 14.1. The Balaban J connectivity index is 1.87. The minimum atomic E-state index is -0.357. The molecule has 0 radical (unpaired) electrons. The first-order valence-corrected chi connectivity index (χ1v) is 7.46. The van der Waals surface area contributed by atoms with Gasteiger partial charge in [-0.05, 0) is 43.5 Å². The van der Waals surface area contributed by atoms with Gasteiger partial charge in [-0.15, -0.1) is 0 Å². The summed E-state index contributed by atoms with van der Waals surface area (Å²) >= 11 is 5.99. The molecule has 1 fully saturated rings. The average Bonchev–Trinajstić information content (AvgIpc) is 3.27. The molecule has 1 aliphatic rings. The molecule has 0 saturated heterocycles. The molecule has 0 bridgehead atoms. The zero-order chi connectivity index (χ0) is 14.8. The molecule has 0 heterocycles. The summed E-state index contributed by atoms with van der Waals surface area (Å²) in [7, 11) is 0. The molecule has 2 aromatic carbocycles. The number of para-hydroxylation sites is 1. The van der Waals surface area contributed by atoms with E-state index in [1.807, 2.05) is 19.1 Å². The molecule has 0 amide bonds. The van der Waals surface area contributed by atoms with Crippen LogP contribution in [0.1, 0.15) is 24.0 Å². The molecule has 0 atom stereocenters. The molecule has 21 heavy (non-hydrogen) atoms. The maximum Gasteiger partial charge on any atom is 0.167 e. The number of ether oxygens (including phenoxy) is 1. The summed E-state index contributed by atoms with van der Waals surface area (Å²) in [6.07, 6.45) is 2.39. The molecule has 3 rings (SSSR count). The van der Waals surface area contributed by atoms with Crippen molar-refractivity contribution in [2.45, 2.75) is 32.4 Å². The van der Waals surface area contributed by atoms with Gasteiger partial charge in [-0.25, -0.2) is 4.39 Å². The standard InChI is InChI=1S/C17H17ClFNO/c1-11-5-6-13(18)9-16(11)21-17-12(3-2-4-15(17)19)10-20-14-7-8-14/h2-6,9,14,20H,7-8,10H2,1H3. The van der Waals surface area contributed by atoms with Gasteiger partial charge in [0, 0.05) is 23.2 Å². The fourth-order valence-corrected chi connectivity index (χ4v) is 2.30. The lowest BCUT2D eigenvalue weighted by atomic mass is 10.1. The highest BCUT2D eigenvalue weighted by Crippen LogP contribution is 2.32. The van der Waals surface area contributed by atoms with Gasteiger partial charge in [0.25, 0.3) is 0 Å². The Kier molecular flexibility index (Phi) is 4.13. The number of aryl methyl sites for hydroxylation is 1. The predicted molar refractivity (Wildman–Crippen MR) is 82.5 cm³/mol. The van der Waals surface area contributed by atoms with Crippen molar-refractivity contribution < 1.29 is 9.13 Å². The van der Waals surface area contributed by atoms with Crippen LogP contribution >= 0.6 is 11.6 Å². The Morgan fingerprint density at radius 3 is 2.86 bits per heavy atom. The minimum Gasteiger partial charge on any atom is -0.454 e. The summed E-state index contributed by atoms with van der Waals surface area (Å²) in [4.78, 5) is 0. The van der Waals surface area contributed by atoms with Crippen molar-refractivity contribution in [2.75, 3.05) is 0 Å². The monoisotopic (exact) mass is 305 g/mol. The van der Waals surface area contributed by atoms with Crippen LogP contribution in [0.5, 0.6) is 11.5 Å². The maximum absolute atomic E-state index is 14.1. The van der Waals surface area contributed by atoms with Crippen molar-refractivity contribution in [1.82, 2.24) is 5.32 Å². The second-order valence-electron chi connectivity index (χ2n) is 5.40. The second-order valence-corrected chi connectivity index (χ2v) is 5.83. The van der Waals surface area contributed by atoms with Crippen LogP contribution in [0.4, 0.5) is 4.39 Å². The summed E-state index contributed by atoms with van der Waals surface area (Å²) < 4.78 is 19.9. The molecule has 2 aromatic rings. The fraction of sp³-hybridized carbons (Fsp3) is 0.294. The molecule has 1 saturated carbocycles. The van der Waals surface area contributed by atoms with E-state index in [4.69, 9.17) is 16.3 Å². The van der Waals surface area contributed by atoms with Crippen LogP contribution in [0.2, 0.25) is 5.02 Å². The van der Waals surface area contributed by atoms with Crippen LogP contribution in [0.3, 0.4) is 0 Å². The van der Waals surface area contributed by atoms with E-state index in [1.54, 1.807) is 18.2 Å². The molecule has 0 unspecified atom stereocenters. The number of rotatable bonds is 5. The normalized spacial score (nSPS) is 14.2. The molecule has 1 aliphatic carbocycles. The topological polar surface area (TPSA) is 21.3 Å². The first-order chi connectivity index (χ1) is 10.1. The number of benzene rings is 2. The van der Waals surface area contributed by atoms with Crippen molar-refractivity contribution >= 4 is 11.6 Å². The molecule has 0 aliphatic heterocycles. The molecular formula is C17H17ClFNO. The van der Waals surface area contributed by atoms with Crippen LogP contribution in [-0.4, -0.2) is 6.04 Å². The minimum absolute atomic E-state index is 0.274. The Labute approximate surface area is 128 Å². The highest BCUT2D eigenvalue weighted by Gasteiger charge is 2.21. The SMILES string of the molecule is Cc1ccc(Cl)cc1Oc1c(F)cccc1CNC1CC1. The summed E-state index contributed by atoms with van der Waals surface area (Å²) in [6.45, 7) is 2.52. The summed E-state index contributed by atoms with van der Waals surface area (Å²) in [5.74, 6) is 0.501. The Morgan fingerprint density at radius 1 is 1.29 bits per heavy atom. The van der Waals surface area contributed by atoms with E-state index in [-0.39, 0.29) is 11.6 Å². The Morgan fingerprint density at radius 2 is 2.10 bits per heavy atom. The van der Waals surface area contributed by atoms with E-state index in [9.17, 15) is 4.39 Å².